The number of fused-ring (bicyclic) bond motifs is 1. The summed E-state index contributed by atoms with van der Waals surface area (Å²) in [4.78, 5) is 39.1. The van der Waals surface area contributed by atoms with Crippen molar-refractivity contribution >= 4 is 5.91 Å². The number of nitrogens with zero attached hydrogens (tertiary/aromatic N) is 3. The molecule has 1 atom stereocenters. The SMILES string of the molecule is COC1CCC(C(=O)N2CCCC[C@@H]2c2nc3c(c(=O)[nH]2)CCN(C2CCCC2)C3)CC1. The van der Waals surface area contributed by atoms with Crippen LogP contribution in [-0.2, 0) is 22.5 Å². The zero-order valence-corrected chi connectivity index (χ0v) is 19.5. The number of hydrogen-bond donors (Lipinski definition) is 1. The van der Waals surface area contributed by atoms with Crippen LogP contribution in [0.2, 0.25) is 0 Å². The molecular formula is C25H38N4O3. The van der Waals surface area contributed by atoms with Crippen LogP contribution < -0.4 is 5.56 Å². The van der Waals surface area contributed by atoms with Gasteiger partial charge in [-0.25, -0.2) is 4.98 Å². The largest absolute Gasteiger partial charge is 0.381 e. The van der Waals surface area contributed by atoms with Crippen molar-refractivity contribution in [2.24, 2.45) is 5.92 Å². The highest BCUT2D eigenvalue weighted by Gasteiger charge is 2.36. The number of likely N-dealkylation sites (tertiary alicyclic amines) is 1. The Labute approximate surface area is 190 Å². The van der Waals surface area contributed by atoms with E-state index in [2.05, 4.69) is 9.88 Å². The van der Waals surface area contributed by atoms with Gasteiger partial charge in [-0.3, -0.25) is 14.5 Å². The standard InChI is InChI=1S/C25H38N4O3/c1-32-19-11-9-17(10-12-19)25(31)29-14-5-4-8-22(29)23-26-21-16-28(18-6-2-3-7-18)15-13-20(21)24(30)27-23/h17-19,22H,2-16H2,1H3,(H,26,27,30)/t17?,19?,22-/m1/s1. The first-order valence-electron chi connectivity index (χ1n) is 12.8. The number of rotatable bonds is 4. The molecule has 4 aliphatic rings. The molecule has 0 bridgehead atoms. The summed E-state index contributed by atoms with van der Waals surface area (Å²) in [6, 6.07) is 0.541. The van der Waals surface area contributed by atoms with Crippen molar-refractivity contribution in [3.63, 3.8) is 0 Å². The second kappa shape index (κ2) is 9.64. The van der Waals surface area contributed by atoms with E-state index in [0.717, 1.165) is 82.3 Å². The molecule has 176 valence electrons. The van der Waals surface area contributed by atoms with E-state index in [9.17, 15) is 9.59 Å². The molecule has 0 aromatic carbocycles. The fraction of sp³-hybridized carbons (Fsp3) is 0.800. The predicted octanol–water partition coefficient (Wildman–Crippen LogP) is 3.33. The van der Waals surface area contributed by atoms with E-state index in [1.165, 1.54) is 25.7 Å². The smallest absolute Gasteiger partial charge is 0.254 e. The Kier molecular flexibility index (Phi) is 6.65. The highest BCUT2D eigenvalue weighted by Crippen LogP contribution is 2.35. The first-order valence-corrected chi connectivity index (χ1v) is 12.8. The summed E-state index contributed by atoms with van der Waals surface area (Å²) in [5.74, 6) is 1.03. The van der Waals surface area contributed by atoms with Crippen LogP contribution in [-0.4, -0.2) is 58.0 Å². The Bertz CT molecular complexity index is 870. The predicted molar refractivity (Wildman–Crippen MR) is 122 cm³/mol. The number of amides is 1. The van der Waals surface area contributed by atoms with E-state index >= 15 is 0 Å². The van der Waals surface area contributed by atoms with Crippen molar-refractivity contribution < 1.29 is 9.53 Å². The third-order valence-corrected chi connectivity index (χ3v) is 8.42. The van der Waals surface area contributed by atoms with Gasteiger partial charge in [0.2, 0.25) is 5.91 Å². The number of piperidine rings is 1. The van der Waals surface area contributed by atoms with E-state index in [-0.39, 0.29) is 29.5 Å². The number of aromatic nitrogens is 2. The van der Waals surface area contributed by atoms with Gasteiger partial charge < -0.3 is 14.6 Å². The third-order valence-electron chi connectivity index (χ3n) is 8.42. The van der Waals surface area contributed by atoms with Gasteiger partial charge in [-0.1, -0.05) is 12.8 Å². The lowest BCUT2D eigenvalue weighted by atomic mass is 9.85. The van der Waals surface area contributed by atoms with Gasteiger partial charge in [-0.15, -0.1) is 0 Å². The van der Waals surface area contributed by atoms with E-state index in [0.29, 0.717) is 11.9 Å². The van der Waals surface area contributed by atoms with Crippen LogP contribution in [0.25, 0.3) is 0 Å². The number of ether oxygens (including phenoxy) is 1. The minimum atomic E-state index is -0.101. The quantitative estimate of drug-likeness (QED) is 0.774. The fourth-order valence-electron chi connectivity index (χ4n) is 6.48. The molecule has 1 N–H and O–H groups in total. The van der Waals surface area contributed by atoms with Crippen LogP contribution in [0, 0.1) is 5.92 Å². The van der Waals surface area contributed by atoms with E-state index in [4.69, 9.17) is 9.72 Å². The fourth-order valence-corrected chi connectivity index (χ4v) is 6.48. The number of carbonyl (C=O) groups is 1. The van der Waals surface area contributed by atoms with Gasteiger partial charge >= 0.3 is 0 Å². The monoisotopic (exact) mass is 442 g/mol. The summed E-state index contributed by atoms with van der Waals surface area (Å²) < 4.78 is 5.49. The van der Waals surface area contributed by atoms with Crippen molar-refractivity contribution in [3.8, 4) is 0 Å². The summed E-state index contributed by atoms with van der Waals surface area (Å²) in [5, 5.41) is 0. The molecule has 3 fully saturated rings. The van der Waals surface area contributed by atoms with Gasteiger partial charge in [0, 0.05) is 44.3 Å². The van der Waals surface area contributed by atoms with Gasteiger partial charge in [0.05, 0.1) is 17.8 Å². The minimum Gasteiger partial charge on any atom is -0.381 e. The maximum absolute atomic E-state index is 13.5. The van der Waals surface area contributed by atoms with Gasteiger partial charge in [0.25, 0.3) is 5.56 Å². The van der Waals surface area contributed by atoms with Crippen LogP contribution in [0.15, 0.2) is 4.79 Å². The van der Waals surface area contributed by atoms with Gasteiger partial charge in [0.15, 0.2) is 0 Å². The molecule has 3 heterocycles. The Morgan fingerprint density at radius 1 is 1.00 bits per heavy atom. The van der Waals surface area contributed by atoms with Crippen molar-refractivity contribution in [2.75, 3.05) is 20.2 Å². The lowest BCUT2D eigenvalue weighted by Gasteiger charge is -2.39. The van der Waals surface area contributed by atoms with Crippen molar-refractivity contribution in [1.82, 2.24) is 19.8 Å². The van der Waals surface area contributed by atoms with Crippen LogP contribution in [0.5, 0.6) is 0 Å². The Hall–Kier alpha value is -1.73. The molecule has 1 aromatic heterocycles. The molecule has 32 heavy (non-hydrogen) atoms. The lowest BCUT2D eigenvalue weighted by molar-refractivity contribution is -0.141. The molecule has 7 nitrogen and oxygen atoms in total. The molecule has 5 rings (SSSR count). The number of H-pyrrole nitrogens is 1. The molecule has 1 amide bonds. The number of hydrogen-bond acceptors (Lipinski definition) is 5. The Balaban J connectivity index is 1.35. The highest BCUT2D eigenvalue weighted by molar-refractivity contribution is 5.79. The maximum atomic E-state index is 13.5. The van der Waals surface area contributed by atoms with Crippen LogP contribution in [0.3, 0.4) is 0 Å². The summed E-state index contributed by atoms with van der Waals surface area (Å²) >= 11 is 0. The zero-order chi connectivity index (χ0) is 22.1. The van der Waals surface area contributed by atoms with Crippen LogP contribution in [0.4, 0.5) is 0 Å². The van der Waals surface area contributed by atoms with E-state index in [1.807, 2.05) is 4.90 Å². The van der Waals surface area contributed by atoms with Crippen LogP contribution in [0.1, 0.15) is 93.8 Å². The topological polar surface area (TPSA) is 78.5 Å². The molecule has 0 unspecified atom stereocenters. The van der Waals surface area contributed by atoms with Gasteiger partial charge in [-0.2, -0.15) is 0 Å². The normalized spacial score (nSPS) is 29.8. The van der Waals surface area contributed by atoms with Gasteiger partial charge in [0.1, 0.15) is 5.82 Å². The molecular weight excluding hydrogens is 404 g/mol. The summed E-state index contributed by atoms with van der Waals surface area (Å²) in [5.41, 5.74) is 1.81. The molecule has 1 aromatic rings. The summed E-state index contributed by atoms with van der Waals surface area (Å²) in [7, 11) is 1.76. The average molecular weight is 443 g/mol. The van der Waals surface area contributed by atoms with Crippen molar-refractivity contribution in [2.45, 2.75) is 102 Å². The molecule has 0 radical (unpaired) electrons. The number of nitrogens with one attached hydrogen (secondary N) is 1. The zero-order valence-electron chi connectivity index (χ0n) is 19.5. The van der Waals surface area contributed by atoms with Gasteiger partial charge in [-0.05, 0) is 64.2 Å². The Morgan fingerprint density at radius 2 is 1.75 bits per heavy atom. The number of methoxy groups -OCH3 is 1. The summed E-state index contributed by atoms with van der Waals surface area (Å²) in [6.07, 6.45) is 12.9. The number of aromatic amines is 1. The first kappa shape index (κ1) is 22.1. The molecule has 2 aliphatic carbocycles. The highest BCUT2D eigenvalue weighted by atomic mass is 16.5. The maximum Gasteiger partial charge on any atom is 0.254 e. The molecule has 2 aliphatic heterocycles. The van der Waals surface area contributed by atoms with Crippen LogP contribution >= 0.6 is 0 Å². The minimum absolute atomic E-state index is 0.00893. The lowest BCUT2D eigenvalue weighted by Crippen LogP contribution is -2.45. The first-order chi connectivity index (χ1) is 15.6. The molecule has 2 saturated carbocycles. The Morgan fingerprint density at radius 3 is 2.50 bits per heavy atom. The molecule has 1 saturated heterocycles. The average Bonchev–Trinajstić information content (AvgIpc) is 3.38. The molecule has 7 heteroatoms. The van der Waals surface area contributed by atoms with E-state index < -0.39 is 0 Å². The summed E-state index contributed by atoms with van der Waals surface area (Å²) in [6.45, 7) is 2.50. The number of carbonyl (C=O) groups excluding carboxylic acids is 1. The third kappa shape index (κ3) is 4.38. The second-order valence-electron chi connectivity index (χ2n) is 10.3. The second-order valence-corrected chi connectivity index (χ2v) is 10.3. The molecule has 0 spiro atoms. The van der Waals surface area contributed by atoms with Crippen molar-refractivity contribution in [1.29, 1.82) is 0 Å². The van der Waals surface area contributed by atoms with Crippen molar-refractivity contribution in [3.05, 3.63) is 27.4 Å². The van der Waals surface area contributed by atoms with E-state index in [1.54, 1.807) is 7.11 Å².